The van der Waals surface area contributed by atoms with Gasteiger partial charge in [0.15, 0.2) is 0 Å². The molecule has 0 aliphatic carbocycles. The lowest BCUT2D eigenvalue weighted by Crippen LogP contribution is -2.57. The first-order valence-electron chi connectivity index (χ1n) is 6.22. The van der Waals surface area contributed by atoms with E-state index in [4.69, 9.17) is 0 Å². The zero-order valence-corrected chi connectivity index (χ0v) is 12.5. The molecule has 102 valence electrons. The molecule has 5 heteroatoms. The fourth-order valence-corrected chi connectivity index (χ4v) is 2.94. The summed E-state index contributed by atoms with van der Waals surface area (Å²) in [5.74, 6) is 0.289. The van der Waals surface area contributed by atoms with Crippen LogP contribution in [0.15, 0.2) is 16.8 Å². The Labute approximate surface area is 119 Å². The van der Waals surface area contributed by atoms with Gasteiger partial charge in [0.1, 0.15) is 0 Å². The molecule has 2 unspecified atom stereocenters. The monoisotopic (exact) mass is 288 g/mol. The molecule has 0 radical (unpaired) electrons. The number of nitrogens with one attached hydrogen (secondary N) is 1. The Morgan fingerprint density at radius 1 is 1.56 bits per heavy atom. The van der Waals surface area contributed by atoms with Crippen LogP contribution in [0.5, 0.6) is 0 Å². The highest BCUT2D eigenvalue weighted by molar-refractivity contribution is 7.07. The summed E-state index contributed by atoms with van der Waals surface area (Å²) >= 11 is 1.69. The number of halogens is 1. The number of aryl methyl sites for hydroxylation is 1. The van der Waals surface area contributed by atoms with E-state index in [1.165, 1.54) is 5.56 Å². The van der Waals surface area contributed by atoms with E-state index >= 15 is 0 Å². The molecule has 1 fully saturated rings. The highest BCUT2D eigenvalue weighted by Crippen LogP contribution is 2.13. The maximum absolute atomic E-state index is 12.2. The zero-order valence-electron chi connectivity index (χ0n) is 10.9. The molecule has 1 amide bonds. The minimum absolute atomic E-state index is 0. The van der Waals surface area contributed by atoms with E-state index in [2.05, 4.69) is 36.0 Å². The van der Waals surface area contributed by atoms with E-state index in [0.29, 0.717) is 18.5 Å². The zero-order chi connectivity index (χ0) is 12.3. The first-order valence-corrected chi connectivity index (χ1v) is 7.16. The number of nitrogens with zero attached hydrogens (tertiary/aromatic N) is 1. The maximum atomic E-state index is 12.2. The van der Waals surface area contributed by atoms with Crippen LogP contribution in [0.2, 0.25) is 0 Å². The van der Waals surface area contributed by atoms with Gasteiger partial charge < -0.3 is 10.2 Å². The smallest absolute Gasteiger partial charge is 0.223 e. The van der Waals surface area contributed by atoms with Crippen molar-refractivity contribution >= 4 is 29.7 Å². The number of piperazine rings is 1. The Hall–Kier alpha value is -0.580. The normalized spacial score (nSPS) is 23.6. The predicted molar refractivity (Wildman–Crippen MR) is 78.5 cm³/mol. The van der Waals surface area contributed by atoms with Gasteiger partial charge in [0.05, 0.1) is 0 Å². The second kappa shape index (κ2) is 7.12. The van der Waals surface area contributed by atoms with E-state index in [1.54, 1.807) is 11.3 Å². The Morgan fingerprint density at radius 3 is 3.00 bits per heavy atom. The van der Waals surface area contributed by atoms with Gasteiger partial charge in [0.2, 0.25) is 5.91 Å². The largest absolute Gasteiger partial charge is 0.337 e. The van der Waals surface area contributed by atoms with Crippen LogP contribution in [0.1, 0.15) is 25.8 Å². The molecule has 0 bridgehead atoms. The second-order valence-electron chi connectivity index (χ2n) is 4.70. The second-order valence-corrected chi connectivity index (χ2v) is 5.48. The van der Waals surface area contributed by atoms with Crippen molar-refractivity contribution in [3.63, 3.8) is 0 Å². The average Bonchev–Trinajstić information content (AvgIpc) is 2.82. The van der Waals surface area contributed by atoms with Crippen LogP contribution in [0.4, 0.5) is 0 Å². The summed E-state index contributed by atoms with van der Waals surface area (Å²) in [6.45, 7) is 6.02. The van der Waals surface area contributed by atoms with Crippen molar-refractivity contribution in [1.82, 2.24) is 10.2 Å². The quantitative estimate of drug-likeness (QED) is 0.926. The lowest BCUT2D eigenvalue weighted by atomic mass is 10.1. The summed E-state index contributed by atoms with van der Waals surface area (Å²) in [5, 5.41) is 7.58. The first kappa shape index (κ1) is 15.5. The standard InChI is InChI=1S/C13H20N2OS.ClH/c1-10-11(2)15(7-6-14-10)13(16)4-3-12-5-8-17-9-12;/h5,8-11,14H,3-4,6-7H2,1-2H3;1H. The molecule has 1 aliphatic heterocycles. The minimum atomic E-state index is 0. The van der Waals surface area contributed by atoms with Crippen LogP contribution in [0.25, 0.3) is 0 Å². The van der Waals surface area contributed by atoms with E-state index in [-0.39, 0.29) is 18.3 Å². The van der Waals surface area contributed by atoms with Crippen molar-refractivity contribution < 1.29 is 4.79 Å². The van der Waals surface area contributed by atoms with Crippen molar-refractivity contribution in [1.29, 1.82) is 0 Å². The van der Waals surface area contributed by atoms with Crippen molar-refractivity contribution in [2.75, 3.05) is 13.1 Å². The number of thiophene rings is 1. The Bertz CT molecular complexity index is 369. The third-order valence-electron chi connectivity index (χ3n) is 3.56. The van der Waals surface area contributed by atoms with Crippen molar-refractivity contribution in [3.8, 4) is 0 Å². The van der Waals surface area contributed by atoms with E-state index in [9.17, 15) is 4.79 Å². The van der Waals surface area contributed by atoms with Gasteiger partial charge in [-0.15, -0.1) is 12.4 Å². The number of carbonyl (C=O) groups excluding carboxylic acids is 1. The molecule has 0 saturated carbocycles. The number of hydrogen-bond acceptors (Lipinski definition) is 3. The van der Waals surface area contributed by atoms with E-state index in [0.717, 1.165) is 19.5 Å². The van der Waals surface area contributed by atoms with Crippen LogP contribution < -0.4 is 5.32 Å². The molecule has 0 spiro atoms. The fourth-order valence-electron chi connectivity index (χ4n) is 2.24. The molecule has 0 aromatic carbocycles. The van der Waals surface area contributed by atoms with Gasteiger partial charge in [-0.2, -0.15) is 11.3 Å². The lowest BCUT2D eigenvalue weighted by molar-refractivity contribution is -0.134. The lowest BCUT2D eigenvalue weighted by Gasteiger charge is -2.38. The van der Waals surface area contributed by atoms with Crippen LogP contribution in [0.3, 0.4) is 0 Å². The molecule has 1 aliphatic rings. The van der Waals surface area contributed by atoms with Crippen LogP contribution >= 0.6 is 23.7 Å². The van der Waals surface area contributed by atoms with Gasteiger partial charge in [-0.25, -0.2) is 0 Å². The summed E-state index contributed by atoms with van der Waals surface area (Å²) in [6, 6.07) is 2.80. The number of amides is 1. The van der Waals surface area contributed by atoms with Crippen LogP contribution in [-0.2, 0) is 11.2 Å². The average molecular weight is 289 g/mol. The minimum Gasteiger partial charge on any atom is -0.337 e. The molecule has 2 atom stereocenters. The molecule has 3 nitrogen and oxygen atoms in total. The highest BCUT2D eigenvalue weighted by Gasteiger charge is 2.27. The highest BCUT2D eigenvalue weighted by atomic mass is 35.5. The van der Waals surface area contributed by atoms with Crippen LogP contribution in [0, 0.1) is 0 Å². The number of carbonyl (C=O) groups is 1. The van der Waals surface area contributed by atoms with E-state index < -0.39 is 0 Å². The molecule has 2 heterocycles. The molecule has 2 rings (SSSR count). The Kier molecular flexibility index (Phi) is 6.12. The fraction of sp³-hybridized carbons (Fsp3) is 0.615. The van der Waals surface area contributed by atoms with Gasteiger partial charge in [0, 0.05) is 31.6 Å². The molecular weight excluding hydrogens is 268 g/mol. The van der Waals surface area contributed by atoms with Gasteiger partial charge in [-0.3, -0.25) is 4.79 Å². The van der Waals surface area contributed by atoms with E-state index in [1.807, 2.05) is 4.90 Å². The maximum Gasteiger partial charge on any atom is 0.223 e. The third kappa shape index (κ3) is 3.70. The van der Waals surface area contributed by atoms with Gasteiger partial charge in [-0.05, 0) is 42.7 Å². The van der Waals surface area contributed by atoms with Crippen molar-refractivity contribution in [3.05, 3.63) is 22.4 Å². The molecule has 1 saturated heterocycles. The summed E-state index contributed by atoms with van der Waals surface area (Å²) in [6.07, 6.45) is 1.50. The Balaban J connectivity index is 0.00000162. The van der Waals surface area contributed by atoms with Gasteiger partial charge in [0.25, 0.3) is 0 Å². The Morgan fingerprint density at radius 2 is 2.33 bits per heavy atom. The molecule has 1 N–H and O–H groups in total. The van der Waals surface area contributed by atoms with Crippen LogP contribution in [-0.4, -0.2) is 36.0 Å². The van der Waals surface area contributed by atoms with Gasteiger partial charge in [-0.1, -0.05) is 0 Å². The van der Waals surface area contributed by atoms with Gasteiger partial charge >= 0.3 is 0 Å². The topological polar surface area (TPSA) is 32.3 Å². The SMILES string of the molecule is CC1NCCN(C(=O)CCc2ccsc2)C1C.Cl. The molecular formula is C13H21ClN2OS. The summed E-state index contributed by atoms with van der Waals surface area (Å²) < 4.78 is 0. The van der Waals surface area contributed by atoms with Crippen molar-refractivity contribution in [2.45, 2.75) is 38.8 Å². The predicted octanol–water partition coefficient (Wildman–Crippen LogP) is 2.31. The number of rotatable bonds is 3. The van der Waals surface area contributed by atoms with Crippen molar-refractivity contribution in [2.24, 2.45) is 0 Å². The molecule has 1 aromatic heterocycles. The molecule has 1 aromatic rings. The third-order valence-corrected chi connectivity index (χ3v) is 4.29. The number of hydrogen-bond donors (Lipinski definition) is 1. The summed E-state index contributed by atoms with van der Waals surface area (Å²) in [7, 11) is 0. The summed E-state index contributed by atoms with van der Waals surface area (Å²) in [5.41, 5.74) is 1.28. The first-order chi connectivity index (χ1) is 8.18. The summed E-state index contributed by atoms with van der Waals surface area (Å²) in [4.78, 5) is 14.2. The molecule has 18 heavy (non-hydrogen) atoms.